The number of halogens is 2. The minimum Gasteiger partial charge on any atom is -0.444 e. The largest absolute Gasteiger partial charge is 0.444 e. The highest BCUT2D eigenvalue weighted by Crippen LogP contribution is 2.29. The first-order valence-corrected chi connectivity index (χ1v) is 13.0. The van der Waals surface area contributed by atoms with Gasteiger partial charge in [0.1, 0.15) is 11.7 Å². The van der Waals surface area contributed by atoms with Gasteiger partial charge in [-0.2, -0.15) is 5.26 Å². The zero-order chi connectivity index (χ0) is 28.7. The molecule has 3 rings (SSSR count). The smallest absolute Gasteiger partial charge is 0.407 e. The van der Waals surface area contributed by atoms with Crippen LogP contribution >= 0.6 is 0 Å². The standard InChI is InChI=1S/C27H37F2N7O3/c1-16(2)13-21(17(3)32-26(37)39-27(4,5)6)34-24-19(28)14-18(15-30)23(35-24)33-20-7-8-31-25(22(20)29)36-9-11-38-12-10-36/h7-8,14,16-17,21H,9-13H2,1-6H3,(H,32,37)(H2,31,33,34,35)/t17-,21+/m0/s1. The van der Waals surface area contributed by atoms with Gasteiger partial charge in [-0.25, -0.2) is 23.5 Å². The second kappa shape index (κ2) is 12.9. The molecular weight excluding hydrogens is 508 g/mol. The van der Waals surface area contributed by atoms with E-state index in [9.17, 15) is 10.1 Å². The van der Waals surface area contributed by atoms with Crippen molar-refractivity contribution < 1.29 is 23.0 Å². The summed E-state index contributed by atoms with van der Waals surface area (Å²) in [5.74, 6) is -1.16. The lowest BCUT2D eigenvalue weighted by Crippen LogP contribution is -2.47. The molecule has 0 bridgehead atoms. The maximum Gasteiger partial charge on any atom is 0.407 e. The fraction of sp³-hybridized carbons (Fsp3) is 0.556. The van der Waals surface area contributed by atoms with Gasteiger partial charge in [-0.05, 0) is 52.2 Å². The lowest BCUT2D eigenvalue weighted by atomic mass is 9.98. The molecule has 2 aromatic rings. The number of hydrogen-bond acceptors (Lipinski definition) is 9. The molecular formula is C27H37F2N7O3. The van der Waals surface area contributed by atoms with E-state index in [1.54, 1.807) is 32.6 Å². The van der Waals surface area contributed by atoms with Crippen molar-refractivity contribution in [3.05, 3.63) is 35.5 Å². The quantitative estimate of drug-likeness (QED) is 0.402. The van der Waals surface area contributed by atoms with Crippen molar-refractivity contribution in [1.29, 1.82) is 5.26 Å². The van der Waals surface area contributed by atoms with Crippen LogP contribution in [0.4, 0.5) is 36.7 Å². The van der Waals surface area contributed by atoms with E-state index in [1.165, 1.54) is 12.3 Å². The number of pyridine rings is 2. The number of amides is 1. The Bertz CT molecular complexity index is 1190. The Balaban J connectivity index is 1.87. The van der Waals surface area contributed by atoms with Crippen LogP contribution in [-0.4, -0.2) is 60.0 Å². The number of carbonyl (C=O) groups is 1. The summed E-state index contributed by atoms with van der Waals surface area (Å²) < 4.78 is 41.1. The first-order chi connectivity index (χ1) is 18.4. The summed E-state index contributed by atoms with van der Waals surface area (Å²) in [5, 5.41) is 18.3. The van der Waals surface area contributed by atoms with Crippen LogP contribution in [0, 0.1) is 28.9 Å². The molecule has 1 aliphatic heterocycles. The van der Waals surface area contributed by atoms with Crippen LogP contribution in [0.15, 0.2) is 18.3 Å². The predicted octanol–water partition coefficient (Wildman–Crippen LogP) is 4.95. The first-order valence-electron chi connectivity index (χ1n) is 13.0. The molecule has 1 amide bonds. The van der Waals surface area contributed by atoms with Gasteiger partial charge in [0.25, 0.3) is 0 Å². The fourth-order valence-corrected chi connectivity index (χ4v) is 4.09. The minimum atomic E-state index is -0.750. The molecule has 2 atom stereocenters. The van der Waals surface area contributed by atoms with Crippen LogP contribution in [0.5, 0.6) is 0 Å². The van der Waals surface area contributed by atoms with Gasteiger partial charge < -0.3 is 30.3 Å². The number of alkyl carbamates (subject to hydrolysis) is 1. The Kier molecular flexibility index (Phi) is 9.86. The number of morpholine rings is 1. The van der Waals surface area contributed by atoms with Crippen LogP contribution in [0.25, 0.3) is 0 Å². The molecule has 0 radical (unpaired) electrons. The van der Waals surface area contributed by atoms with E-state index >= 15 is 8.78 Å². The number of ether oxygens (including phenoxy) is 2. The molecule has 0 aliphatic carbocycles. The Hall–Kier alpha value is -3.72. The molecule has 1 fully saturated rings. The van der Waals surface area contributed by atoms with Crippen molar-refractivity contribution in [1.82, 2.24) is 15.3 Å². The molecule has 0 unspecified atom stereocenters. The Morgan fingerprint density at radius 2 is 1.92 bits per heavy atom. The van der Waals surface area contributed by atoms with Gasteiger partial charge in [0.15, 0.2) is 29.1 Å². The normalized spacial score (nSPS) is 15.3. The third-order valence-electron chi connectivity index (χ3n) is 5.93. The molecule has 3 N–H and O–H groups in total. The summed E-state index contributed by atoms with van der Waals surface area (Å²) in [6, 6.07) is 3.49. The van der Waals surface area contributed by atoms with Crippen molar-refractivity contribution in [2.45, 2.75) is 65.6 Å². The highest BCUT2D eigenvalue weighted by Gasteiger charge is 2.26. The Morgan fingerprint density at radius 1 is 1.23 bits per heavy atom. The highest BCUT2D eigenvalue weighted by molar-refractivity contribution is 5.69. The SMILES string of the molecule is CC(C)C[C@@H](Nc1nc(Nc2ccnc(N3CCOCC3)c2F)c(C#N)cc1F)[C@H](C)NC(=O)OC(C)(C)C. The van der Waals surface area contributed by atoms with Crippen molar-refractivity contribution >= 4 is 29.2 Å². The topological polar surface area (TPSA) is 124 Å². The molecule has 1 saturated heterocycles. The van der Waals surface area contributed by atoms with Crippen molar-refractivity contribution in [3.63, 3.8) is 0 Å². The average molecular weight is 546 g/mol. The highest BCUT2D eigenvalue weighted by atomic mass is 19.1. The van der Waals surface area contributed by atoms with Gasteiger partial charge >= 0.3 is 6.09 Å². The number of carbonyl (C=O) groups excluding carboxylic acids is 1. The van der Waals surface area contributed by atoms with Gasteiger partial charge in [-0.1, -0.05) is 13.8 Å². The van der Waals surface area contributed by atoms with Crippen molar-refractivity contribution in [2.24, 2.45) is 5.92 Å². The third-order valence-corrected chi connectivity index (χ3v) is 5.93. The Morgan fingerprint density at radius 3 is 2.54 bits per heavy atom. The molecule has 1 aliphatic rings. The summed E-state index contributed by atoms with van der Waals surface area (Å²) >= 11 is 0. The van der Waals surface area contributed by atoms with Gasteiger partial charge in [0.05, 0.1) is 24.5 Å². The van der Waals surface area contributed by atoms with Gasteiger partial charge in [0.2, 0.25) is 0 Å². The number of nitriles is 1. The van der Waals surface area contributed by atoms with Crippen LogP contribution in [0.2, 0.25) is 0 Å². The number of anilines is 4. The number of nitrogens with one attached hydrogen (secondary N) is 3. The van der Waals surface area contributed by atoms with Gasteiger partial charge in [-0.15, -0.1) is 0 Å². The number of aromatic nitrogens is 2. The second-order valence-corrected chi connectivity index (χ2v) is 10.9. The van der Waals surface area contributed by atoms with Crippen molar-refractivity contribution in [3.8, 4) is 6.07 Å². The monoisotopic (exact) mass is 545 g/mol. The van der Waals surface area contributed by atoms with E-state index in [2.05, 4.69) is 25.9 Å². The molecule has 10 nitrogen and oxygen atoms in total. The lowest BCUT2D eigenvalue weighted by Gasteiger charge is -2.29. The zero-order valence-electron chi connectivity index (χ0n) is 23.3. The Labute approximate surface area is 228 Å². The van der Waals surface area contributed by atoms with Crippen molar-refractivity contribution in [2.75, 3.05) is 41.8 Å². The molecule has 0 saturated carbocycles. The first kappa shape index (κ1) is 29.8. The molecule has 39 heavy (non-hydrogen) atoms. The minimum absolute atomic E-state index is 0.0181. The lowest BCUT2D eigenvalue weighted by molar-refractivity contribution is 0.0501. The summed E-state index contributed by atoms with van der Waals surface area (Å²) in [4.78, 5) is 22.6. The average Bonchev–Trinajstić information content (AvgIpc) is 2.85. The van der Waals surface area contributed by atoms with E-state index in [4.69, 9.17) is 9.47 Å². The molecule has 0 aromatic carbocycles. The zero-order valence-corrected chi connectivity index (χ0v) is 23.3. The van der Waals surface area contributed by atoms with E-state index in [-0.39, 0.29) is 34.6 Å². The molecule has 3 heterocycles. The number of rotatable bonds is 9. The van der Waals surface area contributed by atoms with E-state index in [0.29, 0.717) is 32.7 Å². The number of nitrogens with zero attached hydrogens (tertiary/aromatic N) is 4. The maximum absolute atomic E-state index is 15.4. The van der Waals surface area contributed by atoms with Crippen LogP contribution in [-0.2, 0) is 9.47 Å². The maximum atomic E-state index is 15.4. The predicted molar refractivity (Wildman–Crippen MR) is 145 cm³/mol. The molecule has 12 heteroatoms. The molecule has 0 spiro atoms. The second-order valence-electron chi connectivity index (χ2n) is 10.9. The van der Waals surface area contributed by atoms with E-state index in [0.717, 1.165) is 6.07 Å². The molecule has 2 aromatic heterocycles. The molecule has 212 valence electrons. The number of hydrogen-bond donors (Lipinski definition) is 3. The van der Waals surface area contributed by atoms with Crippen LogP contribution in [0.1, 0.15) is 53.5 Å². The summed E-state index contributed by atoms with van der Waals surface area (Å²) in [7, 11) is 0. The van der Waals surface area contributed by atoms with Crippen LogP contribution in [0.3, 0.4) is 0 Å². The summed E-state index contributed by atoms with van der Waals surface area (Å²) in [5.41, 5.74) is -0.718. The summed E-state index contributed by atoms with van der Waals surface area (Å²) in [6.07, 6.45) is 1.43. The summed E-state index contributed by atoms with van der Waals surface area (Å²) in [6.45, 7) is 13.0. The fourth-order valence-electron chi connectivity index (χ4n) is 4.09. The van der Waals surface area contributed by atoms with E-state index in [1.807, 2.05) is 19.9 Å². The van der Waals surface area contributed by atoms with E-state index < -0.39 is 35.4 Å². The van der Waals surface area contributed by atoms with Gasteiger partial charge in [-0.3, -0.25) is 0 Å². The van der Waals surface area contributed by atoms with Crippen LogP contribution < -0.4 is 20.9 Å². The third kappa shape index (κ3) is 8.38. The van der Waals surface area contributed by atoms with Gasteiger partial charge in [0, 0.05) is 31.4 Å².